The molecule has 1 unspecified atom stereocenters. The first-order valence-corrected chi connectivity index (χ1v) is 2.92. The standard InChI is InChI=1S/C7H11NO/c1-4-6(8-3)7(9)5-2/h1,6,8H,5H2,2-3H3. The second kappa shape index (κ2) is 4.11. The van der Waals surface area contributed by atoms with Gasteiger partial charge in [-0.3, -0.25) is 4.79 Å². The Labute approximate surface area is 55.6 Å². The van der Waals surface area contributed by atoms with Gasteiger partial charge < -0.3 is 5.32 Å². The zero-order chi connectivity index (χ0) is 7.28. The van der Waals surface area contributed by atoms with Gasteiger partial charge in [-0.2, -0.15) is 0 Å². The highest BCUT2D eigenvalue weighted by Gasteiger charge is 2.08. The van der Waals surface area contributed by atoms with Crippen LogP contribution in [0.5, 0.6) is 0 Å². The van der Waals surface area contributed by atoms with Gasteiger partial charge in [-0.25, -0.2) is 0 Å². The molecule has 0 saturated heterocycles. The largest absolute Gasteiger partial charge is 0.301 e. The van der Waals surface area contributed by atoms with Crippen molar-refractivity contribution >= 4 is 5.78 Å². The molecule has 1 N–H and O–H groups in total. The van der Waals surface area contributed by atoms with E-state index in [2.05, 4.69) is 11.2 Å². The summed E-state index contributed by atoms with van der Waals surface area (Å²) in [5.74, 6) is 2.41. The Balaban J connectivity index is 3.84. The zero-order valence-electron chi connectivity index (χ0n) is 5.77. The highest BCUT2D eigenvalue weighted by Crippen LogP contribution is 1.86. The molecule has 0 spiro atoms. The van der Waals surface area contributed by atoms with Crippen molar-refractivity contribution in [2.75, 3.05) is 7.05 Å². The lowest BCUT2D eigenvalue weighted by Gasteiger charge is -2.03. The lowest BCUT2D eigenvalue weighted by molar-refractivity contribution is -0.119. The first-order valence-electron chi connectivity index (χ1n) is 2.92. The van der Waals surface area contributed by atoms with E-state index >= 15 is 0 Å². The third-order valence-corrected chi connectivity index (χ3v) is 1.13. The molecule has 9 heavy (non-hydrogen) atoms. The minimum absolute atomic E-state index is 0.0694. The second-order valence-electron chi connectivity index (χ2n) is 1.71. The summed E-state index contributed by atoms with van der Waals surface area (Å²) in [5.41, 5.74) is 0. The number of hydrogen-bond acceptors (Lipinski definition) is 2. The summed E-state index contributed by atoms with van der Waals surface area (Å²) in [6.45, 7) is 1.80. The number of carbonyl (C=O) groups excluding carboxylic acids is 1. The van der Waals surface area contributed by atoms with Gasteiger partial charge in [-0.05, 0) is 7.05 Å². The monoisotopic (exact) mass is 125 g/mol. The Morgan fingerprint density at radius 2 is 2.44 bits per heavy atom. The molecular weight excluding hydrogens is 114 g/mol. The van der Waals surface area contributed by atoms with Crippen LogP contribution in [-0.2, 0) is 4.79 Å². The third kappa shape index (κ3) is 2.29. The van der Waals surface area contributed by atoms with Gasteiger partial charge in [-0.1, -0.05) is 12.8 Å². The summed E-state index contributed by atoms with van der Waals surface area (Å²) in [4.78, 5) is 10.8. The first-order chi connectivity index (χ1) is 4.26. The Hall–Kier alpha value is -0.810. The summed E-state index contributed by atoms with van der Waals surface area (Å²) >= 11 is 0. The van der Waals surface area contributed by atoms with Crippen LogP contribution >= 0.6 is 0 Å². The molecule has 0 aromatic heterocycles. The normalized spacial score (nSPS) is 12.1. The predicted molar refractivity (Wildman–Crippen MR) is 37.0 cm³/mol. The van der Waals surface area contributed by atoms with E-state index < -0.39 is 6.04 Å². The average molecular weight is 125 g/mol. The van der Waals surface area contributed by atoms with Crippen molar-refractivity contribution in [2.45, 2.75) is 19.4 Å². The lowest BCUT2D eigenvalue weighted by Crippen LogP contribution is -2.31. The predicted octanol–water partition coefficient (Wildman–Crippen LogP) is 0.187. The van der Waals surface area contributed by atoms with Crippen LogP contribution in [-0.4, -0.2) is 18.9 Å². The fourth-order valence-corrected chi connectivity index (χ4v) is 0.541. The molecule has 0 aromatic carbocycles. The molecule has 2 nitrogen and oxygen atoms in total. The molecule has 0 bridgehead atoms. The number of terminal acetylenes is 1. The maximum Gasteiger partial charge on any atom is 0.161 e. The van der Waals surface area contributed by atoms with Crippen LogP contribution in [0.2, 0.25) is 0 Å². The number of rotatable bonds is 3. The fourth-order valence-electron chi connectivity index (χ4n) is 0.541. The summed E-state index contributed by atoms with van der Waals surface area (Å²) in [6, 6.07) is -0.394. The van der Waals surface area contributed by atoms with Crippen LogP contribution in [0, 0.1) is 12.3 Å². The quantitative estimate of drug-likeness (QED) is 0.545. The molecule has 0 aromatic rings. The van der Waals surface area contributed by atoms with Gasteiger partial charge in [0.1, 0.15) is 6.04 Å². The molecule has 0 fully saturated rings. The number of ketones is 1. The van der Waals surface area contributed by atoms with Crippen molar-refractivity contribution in [3.63, 3.8) is 0 Å². The van der Waals surface area contributed by atoms with Crippen LogP contribution in [0.15, 0.2) is 0 Å². The smallest absolute Gasteiger partial charge is 0.161 e. The van der Waals surface area contributed by atoms with Crippen LogP contribution in [0.1, 0.15) is 13.3 Å². The van der Waals surface area contributed by atoms with Gasteiger partial charge in [0.15, 0.2) is 5.78 Å². The number of carbonyl (C=O) groups is 1. The number of Topliss-reactive ketones (excluding diaryl/α,β-unsaturated/α-hetero) is 1. The van der Waals surface area contributed by atoms with Crippen LogP contribution in [0.25, 0.3) is 0 Å². The molecule has 0 amide bonds. The van der Waals surface area contributed by atoms with Gasteiger partial charge in [-0.15, -0.1) is 6.42 Å². The number of hydrogen-bond donors (Lipinski definition) is 1. The maximum atomic E-state index is 10.8. The van der Waals surface area contributed by atoms with Crippen LogP contribution < -0.4 is 5.32 Å². The summed E-state index contributed by atoms with van der Waals surface area (Å²) in [5, 5.41) is 2.72. The van der Waals surface area contributed by atoms with Crippen LogP contribution in [0.3, 0.4) is 0 Å². The minimum atomic E-state index is -0.394. The van der Waals surface area contributed by atoms with E-state index in [1.807, 2.05) is 0 Å². The van der Waals surface area contributed by atoms with E-state index in [4.69, 9.17) is 6.42 Å². The molecule has 0 aliphatic carbocycles. The summed E-state index contributed by atoms with van der Waals surface area (Å²) < 4.78 is 0. The van der Waals surface area contributed by atoms with Crippen molar-refractivity contribution in [1.82, 2.24) is 5.32 Å². The van der Waals surface area contributed by atoms with Crippen LogP contribution in [0.4, 0.5) is 0 Å². The zero-order valence-corrected chi connectivity index (χ0v) is 5.77. The molecule has 0 saturated carbocycles. The summed E-state index contributed by atoms with van der Waals surface area (Å²) in [7, 11) is 1.68. The first kappa shape index (κ1) is 8.19. The van der Waals surface area contributed by atoms with E-state index in [1.54, 1.807) is 14.0 Å². The molecule has 0 aliphatic rings. The van der Waals surface area contributed by atoms with Gasteiger partial charge in [0.2, 0.25) is 0 Å². The van der Waals surface area contributed by atoms with E-state index in [9.17, 15) is 4.79 Å². The molecule has 0 heterocycles. The highest BCUT2D eigenvalue weighted by atomic mass is 16.1. The Morgan fingerprint density at radius 3 is 2.56 bits per heavy atom. The highest BCUT2D eigenvalue weighted by molar-refractivity contribution is 5.86. The molecule has 0 radical (unpaired) electrons. The topological polar surface area (TPSA) is 29.1 Å². The molecule has 2 heteroatoms. The maximum absolute atomic E-state index is 10.8. The van der Waals surface area contributed by atoms with Crippen molar-refractivity contribution in [3.8, 4) is 12.3 Å². The number of nitrogens with one attached hydrogen (secondary N) is 1. The fraction of sp³-hybridized carbons (Fsp3) is 0.571. The van der Waals surface area contributed by atoms with Gasteiger partial charge >= 0.3 is 0 Å². The molecule has 1 atom stereocenters. The third-order valence-electron chi connectivity index (χ3n) is 1.13. The van der Waals surface area contributed by atoms with Crippen molar-refractivity contribution in [2.24, 2.45) is 0 Å². The second-order valence-corrected chi connectivity index (χ2v) is 1.71. The lowest BCUT2D eigenvalue weighted by atomic mass is 10.1. The molecule has 50 valence electrons. The van der Waals surface area contributed by atoms with Crippen molar-refractivity contribution in [3.05, 3.63) is 0 Å². The van der Waals surface area contributed by atoms with E-state index in [-0.39, 0.29) is 5.78 Å². The van der Waals surface area contributed by atoms with E-state index in [0.29, 0.717) is 6.42 Å². The Kier molecular flexibility index (Phi) is 3.74. The minimum Gasteiger partial charge on any atom is -0.301 e. The molecule has 0 aliphatic heterocycles. The SMILES string of the molecule is C#CC(NC)C(=O)CC. The van der Waals surface area contributed by atoms with Gasteiger partial charge in [0.05, 0.1) is 0 Å². The van der Waals surface area contributed by atoms with Crippen molar-refractivity contribution < 1.29 is 4.79 Å². The van der Waals surface area contributed by atoms with Crippen molar-refractivity contribution in [1.29, 1.82) is 0 Å². The summed E-state index contributed by atoms with van der Waals surface area (Å²) in [6.07, 6.45) is 5.52. The van der Waals surface area contributed by atoms with E-state index in [0.717, 1.165) is 0 Å². The molecule has 0 rings (SSSR count). The van der Waals surface area contributed by atoms with E-state index in [1.165, 1.54) is 0 Å². The Bertz CT molecular complexity index is 134. The average Bonchev–Trinajstić information content (AvgIpc) is 1.90. The Morgan fingerprint density at radius 1 is 1.89 bits per heavy atom. The number of likely N-dealkylation sites (N-methyl/N-ethyl adjacent to an activating group) is 1. The van der Waals surface area contributed by atoms with Gasteiger partial charge in [0, 0.05) is 6.42 Å². The molecular formula is C7H11NO. The van der Waals surface area contributed by atoms with Gasteiger partial charge in [0.25, 0.3) is 0 Å².